The third-order valence-electron chi connectivity index (χ3n) is 3.98. The van der Waals surface area contributed by atoms with Crippen molar-refractivity contribution in [3.63, 3.8) is 0 Å². The van der Waals surface area contributed by atoms with Crippen molar-refractivity contribution in [2.24, 2.45) is 4.99 Å². The van der Waals surface area contributed by atoms with Crippen molar-refractivity contribution < 1.29 is 33.3 Å². The van der Waals surface area contributed by atoms with Gasteiger partial charge in [0.05, 0.1) is 7.11 Å². The zero-order chi connectivity index (χ0) is 19.7. The summed E-state index contributed by atoms with van der Waals surface area (Å²) in [6.07, 6.45) is 1.56. The molecule has 8 nitrogen and oxygen atoms in total. The van der Waals surface area contributed by atoms with E-state index in [0.29, 0.717) is 28.4 Å². The number of methoxy groups -OCH3 is 1. The van der Waals surface area contributed by atoms with Gasteiger partial charge < -0.3 is 23.7 Å². The maximum Gasteiger partial charge on any atom is 0.363 e. The van der Waals surface area contributed by atoms with E-state index < -0.39 is 11.9 Å². The average Bonchev–Trinajstić information content (AvgIpc) is 3.28. The van der Waals surface area contributed by atoms with Gasteiger partial charge in [0, 0.05) is 12.5 Å². The van der Waals surface area contributed by atoms with Gasteiger partial charge in [-0.05, 0) is 42.0 Å². The highest BCUT2D eigenvalue weighted by atomic mass is 16.7. The summed E-state index contributed by atoms with van der Waals surface area (Å²) in [6, 6.07) is 10.1. The maximum absolute atomic E-state index is 12.2. The molecule has 0 amide bonds. The molecule has 2 heterocycles. The van der Waals surface area contributed by atoms with E-state index in [9.17, 15) is 9.59 Å². The fourth-order valence-corrected chi connectivity index (χ4v) is 2.73. The Balaban J connectivity index is 1.62. The minimum absolute atomic E-state index is 0.134. The molecule has 0 bridgehead atoms. The molecular weight excluding hydrogens is 366 g/mol. The molecule has 142 valence electrons. The lowest BCUT2D eigenvalue weighted by Crippen LogP contribution is -2.05. The van der Waals surface area contributed by atoms with E-state index in [1.807, 2.05) is 0 Å². The molecule has 2 aromatic carbocycles. The summed E-state index contributed by atoms with van der Waals surface area (Å²) in [6.45, 7) is 1.46. The first-order chi connectivity index (χ1) is 13.5. The molecule has 0 N–H and O–H groups in total. The summed E-state index contributed by atoms with van der Waals surface area (Å²) in [4.78, 5) is 27.6. The van der Waals surface area contributed by atoms with Crippen molar-refractivity contribution >= 4 is 23.9 Å². The standard InChI is InChI=1S/C20H15NO7/c1-11(22)27-16-5-3-12(8-17(16)24-2)7-14-20(23)28-19(21-14)13-4-6-15-18(9-13)26-10-25-15/h3-9H,10H2,1-2H3/b14-7-. The fourth-order valence-electron chi connectivity index (χ4n) is 2.73. The highest BCUT2D eigenvalue weighted by molar-refractivity contribution is 6.13. The van der Waals surface area contributed by atoms with Gasteiger partial charge >= 0.3 is 11.9 Å². The van der Waals surface area contributed by atoms with Crippen LogP contribution in [-0.4, -0.2) is 31.7 Å². The van der Waals surface area contributed by atoms with E-state index >= 15 is 0 Å². The molecule has 0 saturated heterocycles. The van der Waals surface area contributed by atoms with E-state index in [1.54, 1.807) is 42.5 Å². The Bertz CT molecular complexity index is 1040. The number of rotatable bonds is 4. The van der Waals surface area contributed by atoms with E-state index in [1.165, 1.54) is 14.0 Å². The Labute approximate surface area is 159 Å². The average molecular weight is 381 g/mol. The van der Waals surface area contributed by atoms with E-state index in [4.69, 9.17) is 23.7 Å². The molecule has 0 fully saturated rings. The van der Waals surface area contributed by atoms with Crippen LogP contribution >= 0.6 is 0 Å². The van der Waals surface area contributed by atoms with Gasteiger partial charge in [-0.1, -0.05) is 6.07 Å². The number of carbonyl (C=O) groups is 2. The van der Waals surface area contributed by atoms with Crippen LogP contribution < -0.4 is 18.9 Å². The smallest absolute Gasteiger partial charge is 0.363 e. The first kappa shape index (κ1) is 17.6. The van der Waals surface area contributed by atoms with Crippen molar-refractivity contribution in [1.29, 1.82) is 0 Å². The van der Waals surface area contributed by atoms with Gasteiger partial charge in [0.25, 0.3) is 0 Å². The Hall–Kier alpha value is -3.81. The number of fused-ring (bicyclic) bond motifs is 1. The molecular formula is C20H15NO7. The third-order valence-corrected chi connectivity index (χ3v) is 3.98. The molecule has 0 radical (unpaired) electrons. The van der Waals surface area contributed by atoms with Gasteiger partial charge in [0.2, 0.25) is 12.7 Å². The molecule has 2 aliphatic rings. The van der Waals surface area contributed by atoms with Crippen LogP contribution in [0.5, 0.6) is 23.0 Å². The van der Waals surface area contributed by atoms with Crippen LogP contribution in [0.2, 0.25) is 0 Å². The van der Waals surface area contributed by atoms with E-state index in [-0.39, 0.29) is 24.1 Å². The van der Waals surface area contributed by atoms with Gasteiger partial charge in [-0.15, -0.1) is 0 Å². The van der Waals surface area contributed by atoms with Crippen LogP contribution in [0.3, 0.4) is 0 Å². The Morgan fingerprint density at radius 2 is 1.93 bits per heavy atom. The fraction of sp³-hybridized carbons (Fsp3) is 0.150. The van der Waals surface area contributed by atoms with Crippen molar-refractivity contribution in [3.8, 4) is 23.0 Å². The summed E-state index contributed by atoms with van der Waals surface area (Å²) in [5.41, 5.74) is 1.37. The third kappa shape index (κ3) is 3.39. The van der Waals surface area contributed by atoms with Gasteiger partial charge in [-0.3, -0.25) is 4.79 Å². The van der Waals surface area contributed by atoms with Crippen molar-refractivity contribution in [1.82, 2.24) is 0 Å². The number of hydrogen-bond acceptors (Lipinski definition) is 8. The number of ether oxygens (including phenoxy) is 5. The minimum Gasteiger partial charge on any atom is -0.493 e. The van der Waals surface area contributed by atoms with Crippen LogP contribution in [0, 0.1) is 0 Å². The van der Waals surface area contributed by atoms with Gasteiger partial charge in [-0.2, -0.15) is 0 Å². The van der Waals surface area contributed by atoms with Gasteiger partial charge in [0.1, 0.15) is 0 Å². The number of esters is 2. The van der Waals surface area contributed by atoms with E-state index in [0.717, 1.165) is 0 Å². The summed E-state index contributed by atoms with van der Waals surface area (Å²) in [5, 5.41) is 0. The first-order valence-electron chi connectivity index (χ1n) is 8.32. The van der Waals surface area contributed by atoms with E-state index in [2.05, 4.69) is 4.99 Å². The molecule has 0 spiro atoms. The predicted octanol–water partition coefficient (Wildman–Crippen LogP) is 2.69. The lowest BCUT2D eigenvalue weighted by molar-refractivity contribution is -0.132. The summed E-state index contributed by atoms with van der Waals surface area (Å²) >= 11 is 0. The number of carbonyl (C=O) groups excluding carboxylic acids is 2. The van der Waals surface area contributed by atoms with Crippen molar-refractivity contribution in [2.75, 3.05) is 13.9 Å². The van der Waals surface area contributed by atoms with Crippen molar-refractivity contribution in [2.45, 2.75) is 6.92 Å². The maximum atomic E-state index is 12.2. The highest BCUT2D eigenvalue weighted by Gasteiger charge is 2.26. The second-order valence-corrected chi connectivity index (χ2v) is 5.91. The lowest BCUT2D eigenvalue weighted by Gasteiger charge is -2.08. The summed E-state index contributed by atoms with van der Waals surface area (Å²) in [7, 11) is 1.46. The normalized spacial score (nSPS) is 16.0. The molecule has 8 heteroatoms. The monoisotopic (exact) mass is 381 g/mol. The van der Waals surface area contributed by atoms with Crippen LogP contribution in [0.25, 0.3) is 6.08 Å². The second-order valence-electron chi connectivity index (χ2n) is 5.91. The first-order valence-corrected chi connectivity index (χ1v) is 8.32. The van der Waals surface area contributed by atoms with Crippen molar-refractivity contribution in [3.05, 3.63) is 53.2 Å². The molecule has 0 unspecified atom stereocenters. The number of aliphatic imine (C=N–C) groups is 1. The molecule has 0 aliphatic carbocycles. The topological polar surface area (TPSA) is 92.7 Å². The Morgan fingerprint density at radius 1 is 1.11 bits per heavy atom. The Morgan fingerprint density at radius 3 is 2.71 bits per heavy atom. The molecule has 0 aromatic heterocycles. The predicted molar refractivity (Wildman–Crippen MR) is 97.5 cm³/mol. The Kier molecular flexibility index (Phi) is 4.44. The summed E-state index contributed by atoms with van der Waals surface area (Å²) in [5.74, 6) is 0.992. The van der Waals surface area contributed by atoms with Crippen LogP contribution in [0.4, 0.5) is 0 Å². The second kappa shape index (κ2) is 7.07. The number of cyclic esters (lactones) is 1. The van der Waals surface area contributed by atoms with Crippen LogP contribution in [0.1, 0.15) is 18.1 Å². The van der Waals surface area contributed by atoms with Gasteiger partial charge in [0.15, 0.2) is 28.7 Å². The SMILES string of the molecule is COc1cc(/C=C2\N=C(c3ccc4c(c3)OCO4)OC2=O)ccc1OC(C)=O. The molecule has 2 aliphatic heterocycles. The lowest BCUT2D eigenvalue weighted by atomic mass is 10.1. The molecule has 0 saturated carbocycles. The zero-order valence-corrected chi connectivity index (χ0v) is 15.1. The summed E-state index contributed by atoms with van der Waals surface area (Å²) < 4.78 is 26.2. The number of nitrogens with zero attached hydrogens (tertiary/aromatic N) is 1. The van der Waals surface area contributed by atoms with Gasteiger partial charge in [-0.25, -0.2) is 9.79 Å². The largest absolute Gasteiger partial charge is 0.493 e. The number of hydrogen-bond donors (Lipinski definition) is 0. The minimum atomic E-state index is -0.573. The molecule has 0 atom stereocenters. The highest BCUT2D eigenvalue weighted by Crippen LogP contribution is 2.34. The zero-order valence-electron chi connectivity index (χ0n) is 15.1. The molecule has 28 heavy (non-hydrogen) atoms. The number of benzene rings is 2. The quantitative estimate of drug-likeness (QED) is 0.457. The van der Waals surface area contributed by atoms with Crippen LogP contribution in [0.15, 0.2) is 47.1 Å². The molecule has 4 rings (SSSR count). The molecule has 2 aromatic rings. The van der Waals surface area contributed by atoms with Crippen LogP contribution in [-0.2, 0) is 14.3 Å².